The third-order valence-electron chi connectivity index (χ3n) is 6.03. The van der Waals surface area contributed by atoms with E-state index >= 15 is 0 Å². The highest BCUT2D eigenvalue weighted by Crippen LogP contribution is 2.22. The van der Waals surface area contributed by atoms with Gasteiger partial charge < -0.3 is 25.0 Å². The van der Waals surface area contributed by atoms with Crippen molar-refractivity contribution in [3.63, 3.8) is 0 Å². The molecule has 0 spiro atoms. The van der Waals surface area contributed by atoms with Gasteiger partial charge >= 0.3 is 6.16 Å². The lowest BCUT2D eigenvalue weighted by atomic mass is 10.1. The fourth-order valence-corrected chi connectivity index (χ4v) is 4.11. The van der Waals surface area contributed by atoms with Crippen molar-refractivity contribution in [2.45, 2.75) is 26.4 Å². The topological polar surface area (TPSA) is 114 Å². The second kappa shape index (κ2) is 12.5. The second-order valence-electron chi connectivity index (χ2n) is 8.84. The van der Waals surface area contributed by atoms with Crippen molar-refractivity contribution in [1.29, 1.82) is 0 Å². The fraction of sp³-hybridized carbons (Fsp3) is 0.241. The summed E-state index contributed by atoms with van der Waals surface area (Å²) in [6.45, 7) is 2.99. The van der Waals surface area contributed by atoms with Gasteiger partial charge in [0.25, 0.3) is 5.91 Å². The van der Waals surface area contributed by atoms with E-state index in [0.717, 1.165) is 11.1 Å². The summed E-state index contributed by atoms with van der Waals surface area (Å²) < 4.78 is 9.71. The van der Waals surface area contributed by atoms with Gasteiger partial charge in [0.15, 0.2) is 0 Å². The van der Waals surface area contributed by atoms with E-state index in [0.29, 0.717) is 24.3 Å². The molecule has 3 aromatic rings. The molecule has 1 unspecified atom stereocenters. The third-order valence-corrected chi connectivity index (χ3v) is 6.03. The first-order valence-electron chi connectivity index (χ1n) is 12.4. The average Bonchev–Trinajstić information content (AvgIpc) is 3.28. The minimum Gasteiger partial charge on any atom is -0.434 e. The van der Waals surface area contributed by atoms with Crippen molar-refractivity contribution in [2.75, 3.05) is 18.5 Å². The Balaban J connectivity index is 1.27. The van der Waals surface area contributed by atoms with Gasteiger partial charge in [-0.25, -0.2) is 4.79 Å². The molecule has 1 saturated heterocycles. The number of hydrogen-bond acceptors (Lipinski definition) is 6. The predicted octanol–water partition coefficient (Wildman–Crippen LogP) is 4.14. The van der Waals surface area contributed by atoms with Crippen molar-refractivity contribution >= 4 is 29.6 Å². The molecule has 1 fully saturated rings. The van der Waals surface area contributed by atoms with E-state index in [9.17, 15) is 19.2 Å². The van der Waals surface area contributed by atoms with Gasteiger partial charge in [-0.15, -0.1) is 0 Å². The maximum atomic E-state index is 12.9. The molecule has 0 aromatic heterocycles. The Morgan fingerprint density at radius 3 is 2.42 bits per heavy atom. The van der Waals surface area contributed by atoms with Crippen LogP contribution in [-0.2, 0) is 27.4 Å². The maximum absolute atomic E-state index is 12.9. The van der Waals surface area contributed by atoms with Crippen molar-refractivity contribution in [1.82, 2.24) is 10.2 Å². The summed E-state index contributed by atoms with van der Waals surface area (Å²) >= 11 is 0. The number of amides is 3. The highest BCUT2D eigenvalue weighted by molar-refractivity contribution is 5.97. The first kappa shape index (κ1) is 26.4. The Kier molecular flexibility index (Phi) is 8.71. The summed E-state index contributed by atoms with van der Waals surface area (Å²) in [7, 11) is 0. The number of benzene rings is 3. The monoisotopic (exact) mass is 515 g/mol. The smallest absolute Gasteiger partial charge is 0.434 e. The number of hydrogen-bond donors (Lipinski definition) is 2. The molecule has 1 heterocycles. The molecule has 0 saturated carbocycles. The number of nitrogens with one attached hydrogen (secondary N) is 2. The molecule has 1 atom stereocenters. The number of carbonyl (C=O) groups is 4. The first-order chi connectivity index (χ1) is 18.4. The molecule has 2 N–H and O–H groups in total. The number of carbonyl (C=O) groups excluding carboxylic acids is 4. The lowest BCUT2D eigenvalue weighted by Gasteiger charge is -2.17. The van der Waals surface area contributed by atoms with E-state index in [1.807, 2.05) is 36.4 Å². The Morgan fingerprint density at radius 2 is 1.68 bits per heavy atom. The highest BCUT2D eigenvalue weighted by Gasteiger charge is 2.34. The molecule has 3 aromatic carbocycles. The molecule has 4 rings (SSSR count). The molecule has 0 bridgehead atoms. The Morgan fingerprint density at radius 1 is 0.947 bits per heavy atom. The van der Waals surface area contributed by atoms with Crippen molar-refractivity contribution in [2.24, 2.45) is 5.92 Å². The van der Waals surface area contributed by atoms with Crippen LogP contribution < -0.4 is 15.4 Å². The van der Waals surface area contributed by atoms with Gasteiger partial charge in [0, 0.05) is 37.3 Å². The Bertz CT molecular complexity index is 1290. The number of nitrogens with zero attached hydrogens (tertiary/aromatic N) is 1. The van der Waals surface area contributed by atoms with Crippen LogP contribution in [-0.4, -0.2) is 41.9 Å². The predicted molar refractivity (Wildman–Crippen MR) is 140 cm³/mol. The Hall–Kier alpha value is -4.66. The zero-order valence-electron chi connectivity index (χ0n) is 21.0. The second-order valence-corrected chi connectivity index (χ2v) is 8.84. The van der Waals surface area contributed by atoms with Gasteiger partial charge in [0.2, 0.25) is 11.8 Å². The van der Waals surface area contributed by atoms with Crippen LogP contribution >= 0.6 is 0 Å². The van der Waals surface area contributed by atoms with Gasteiger partial charge in [0.05, 0.1) is 12.5 Å². The van der Waals surface area contributed by atoms with Gasteiger partial charge in [-0.05, 0) is 54.4 Å². The third kappa shape index (κ3) is 7.19. The molecular weight excluding hydrogens is 486 g/mol. The number of likely N-dealkylation sites (tertiary alicyclic amines) is 1. The standard InChI is InChI=1S/C29H29N3O6/c1-2-37-29(36)38-25-13-11-22(12-14-25)27(34)30-17-21-9-6-10-24(15-21)31-28(35)23-16-26(33)32(19-23)18-20-7-4-3-5-8-20/h3-15,23H,2,16-19H2,1H3,(H,30,34)(H,31,35). The van der Waals surface area contributed by atoms with E-state index in [-0.39, 0.29) is 43.0 Å². The van der Waals surface area contributed by atoms with Crippen LogP contribution in [0.15, 0.2) is 78.9 Å². The van der Waals surface area contributed by atoms with Gasteiger partial charge in [-0.1, -0.05) is 42.5 Å². The van der Waals surface area contributed by atoms with Gasteiger partial charge in [-0.2, -0.15) is 0 Å². The van der Waals surface area contributed by atoms with E-state index < -0.39 is 12.1 Å². The SMILES string of the molecule is CCOC(=O)Oc1ccc(C(=O)NCc2cccc(NC(=O)C3CC(=O)N(Cc4ccccc4)C3)c2)cc1. The van der Waals surface area contributed by atoms with Crippen LogP contribution in [0.4, 0.5) is 10.5 Å². The molecule has 1 aliphatic rings. The van der Waals surface area contributed by atoms with Crippen LogP contribution in [0.3, 0.4) is 0 Å². The van der Waals surface area contributed by atoms with Crippen LogP contribution in [0, 0.1) is 5.92 Å². The molecular formula is C29H29N3O6. The van der Waals surface area contributed by atoms with E-state index in [1.165, 1.54) is 12.1 Å². The minimum atomic E-state index is -0.805. The zero-order valence-corrected chi connectivity index (χ0v) is 21.0. The van der Waals surface area contributed by atoms with Crippen molar-refractivity contribution in [3.8, 4) is 5.75 Å². The highest BCUT2D eigenvalue weighted by atomic mass is 16.7. The summed E-state index contributed by atoms with van der Waals surface area (Å²) in [6, 6.07) is 23.0. The molecule has 9 heteroatoms. The minimum absolute atomic E-state index is 0.0362. The number of ether oxygens (including phenoxy) is 2. The molecule has 3 amide bonds. The molecule has 38 heavy (non-hydrogen) atoms. The zero-order chi connectivity index (χ0) is 26.9. The molecule has 1 aliphatic heterocycles. The summed E-state index contributed by atoms with van der Waals surface area (Å²) in [5, 5.41) is 5.73. The fourth-order valence-electron chi connectivity index (χ4n) is 4.11. The molecule has 0 aliphatic carbocycles. The van der Waals surface area contributed by atoms with Gasteiger partial charge in [-0.3, -0.25) is 14.4 Å². The quantitative estimate of drug-likeness (QED) is 0.327. The Labute approximate surface area is 220 Å². The summed E-state index contributed by atoms with van der Waals surface area (Å²) in [6.07, 6.45) is -0.626. The van der Waals surface area contributed by atoms with E-state index in [2.05, 4.69) is 10.6 Å². The van der Waals surface area contributed by atoms with Crippen LogP contribution in [0.25, 0.3) is 0 Å². The van der Waals surface area contributed by atoms with E-state index in [4.69, 9.17) is 9.47 Å². The maximum Gasteiger partial charge on any atom is 0.513 e. The molecule has 0 radical (unpaired) electrons. The molecule has 9 nitrogen and oxygen atoms in total. The van der Waals surface area contributed by atoms with Crippen LogP contribution in [0.2, 0.25) is 0 Å². The van der Waals surface area contributed by atoms with Crippen molar-refractivity contribution < 1.29 is 28.7 Å². The van der Waals surface area contributed by atoms with Gasteiger partial charge in [0.1, 0.15) is 5.75 Å². The lowest BCUT2D eigenvalue weighted by Crippen LogP contribution is -2.28. The van der Waals surface area contributed by atoms with Crippen LogP contribution in [0.5, 0.6) is 5.75 Å². The first-order valence-corrected chi connectivity index (χ1v) is 12.4. The summed E-state index contributed by atoms with van der Waals surface area (Å²) in [4.78, 5) is 50.9. The van der Waals surface area contributed by atoms with Crippen molar-refractivity contribution in [3.05, 3.63) is 95.6 Å². The lowest BCUT2D eigenvalue weighted by molar-refractivity contribution is -0.128. The molecule has 196 valence electrons. The largest absolute Gasteiger partial charge is 0.513 e. The van der Waals surface area contributed by atoms with Crippen LogP contribution in [0.1, 0.15) is 34.8 Å². The summed E-state index contributed by atoms with van der Waals surface area (Å²) in [5.74, 6) is -0.697. The summed E-state index contributed by atoms with van der Waals surface area (Å²) in [5.41, 5.74) is 2.82. The average molecular weight is 516 g/mol. The number of rotatable bonds is 9. The normalized spacial score (nSPS) is 14.6. The number of anilines is 1. The van der Waals surface area contributed by atoms with E-state index in [1.54, 1.807) is 42.2 Å².